The highest BCUT2D eigenvalue weighted by Gasteiger charge is 2.34. The van der Waals surface area contributed by atoms with E-state index in [2.05, 4.69) is 10.6 Å². The van der Waals surface area contributed by atoms with Gasteiger partial charge in [-0.2, -0.15) is 13.2 Å². The van der Waals surface area contributed by atoms with Gasteiger partial charge in [-0.3, -0.25) is 0 Å². The fourth-order valence-corrected chi connectivity index (χ4v) is 2.70. The molecule has 8 heteroatoms. The van der Waals surface area contributed by atoms with Crippen molar-refractivity contribution >= 4 is 52.1 Å². The summed E-state index contributed by atoms with van der Waals surface area (Å²) in [4.78, 5) is 1.01. The van der Waals surface area contributed by atoms with E-state index in [4.69, 9.17) is 23.8 Å². The second kappa shape index (κ2) is 7.42. The van der Waals surface area contributed by atoms with Crippen LogP contribution in [0.2, 0.25) is 5.02 Å². The summed E-state index contributed by atoms with van der Waals surface area (Å²) >= 11 is 12.3. The predicted molar refractivity (Wildman–Crippen MR) is 94.5 cm³/mol. The van der Waals surface area contributed by atoms with Gasteiger partial charge in [-0.15, -0.1) is 11.8 Å². The summed E-state index contributed by atoms with van der Waals surface area (Å²) in [5.41, 5.74) is -0.329. The molecule has 2 aromatic rings. The first-order valence-corrected chi connectivity index (χ1v) is 8.39. The van der Waals surface area contributed by atoms with E-state index in [1.54, 1.807) is 17.8 Å². The molecule has 0 unspecified atom stereocenters. The van der Waals surface area contributed by atoms with Gasteiger partial charge >= 0.3 is 6.18 Å². The number of alkyl halides is 3. The molecular weight excluding hydrogens is 365 g/mol. The molecular formula is C15H12ClF3N2S2. The Labute approximate surface area is 146 Å². The monoisotopic (exact) mass is 376 g/mol. The molecule has 2 nitrogen and oxygen atoms in total. The van der Waals surface area contributed by atoms with Gasteiger partial charge < -0.3 is 10.6 Å². The number of halogens is 4. The third kappa shape index (κ3) is 5.02. The van der Waals surface area contributed by atoms with Crippen molar-refractivity contribution in [3.63, 3.8) is 0 Å². The van der Waals surface area contributed by atoms with E-state index in [0.717, 1.165) is 11.0 Å². The number of thioether (sulfide) groups is 1. The van der Waals surface area contributed by atoms with Crippen LogP contribution in [0.15, 0.2) is 47.4 Å². The SMILES string of the molecule is CSc1cccc(NC(=S)Nc2ccc(Cl)cc2C(F)(F)F)c1. The third-order valence-corrected chi connectivity index (χ3v) is 4.03. The number of hydrogen-bond acceptors (Lipinski definition) is 2. The van der Waals surface area contributed by atoms with Crippen LogP contribution in [0.25, 0.3) is 0 Å². The van der Waals surface area contributed by atoms with Crippen LogP contribution in [0.3, 0.4) is 0 Å². The Morgan fingerprint density at radius 3 is 2.52 bits per heavy atom. The van der Waals surface area contributed by atoms with Gasteiger partial charge in [-0.05, 0) is 54.9 Å². The van der Waals surface area contributed by atoms with Gasteiger partial charge in [0.2, 0.25) is 0 Å². The van der Waals surface area contributed by atoms with Crippen molar-refractivity contribution in [1.82, 2.24) is 0 Å². The maximum Gasteiger partial charge on any atom is 0.418 e. The van der Waals surface area contributed by atoms with Crippen molar-refractivity contribution in [1.29, 1.82) is 0 Å². The predicted octanol–water partition coefficient (Wildman–Crippen LogP) is 5.89. The van der Waals surface area contributed by atoms with Crippen LogP contribution >= 0.6 is 35.6 Å². The third-order valence-electron chi connectivity index (χ3n) is 2.86. The maximum absolute atomic E-state index is 13.0. The molecule has 0 amide bonds. The first-order valence-electron chi connectivity index (χ1n) is 6.38. The average Bonchev–Trinajstić information content (AvgIpc) is 2.48. The van der Waals surface area contributed by atoms with Crippen molar-refractivity contribution in [3.05, 3.63) is 53.1 Å². The lowest BCUT2D eigenvalue weighted by atomic mass is 10.1. The topological polar surface area (TPSA) is 24.1 Å². The van der Waals surface area contributed by atoms with Crippen molar-refractivity contribution in [2.75, 3.05) is 16.9 Å². The molecule has 0 bridgehead atoms. The highest BCUT2D eigenvalue weighted by molar-refractivity contribution is 7.98. The minimum Gasteiger partial charge on any atom is -0.332 e. The molecule has 0 aliphatic heterocycles. The Kier molecular flexibility index (Phi) is 5.78. The lowest BCUT2D eigenvalue weighted by Crippen LogP contribution is -2.21. The van der Waals surface area contributed by atoms with Crippen molar-refractivity contribution in [3.8, 4) is 0 Å². The zero-order chi connectivity index (χ0) is 17.0. The van der Waals surface area contributed by atoms with E-state index < -0.39 is 11.7 Å². The molecule has 0 fully saturated rings. The summed E-state index contributed by atoms with van der Waals surface area (Å²) in [6.45, 7) is 0. The molecule has 122 valence electrons. The Morgan fingerprint density at radius 1 is 1.13 bits per heavy atom. The summed E-state index contributed by atoms with van der Waals surface area (Å²) < 4.78 is 39.1. The van der Waals surface area contributed by atoms with Crippen molar-refractivity contribution in [2.24, 2.45) is 0 Å². The normalized spacial score (nSPS) is 11.2. The number of rotatable bonds is 3. The molecule has 2 rings (SSSR count). The van der Waals surface area contributed by atoms with E-state index in [1.807, 2.05) is 24.5 Å². The van der Waals surface area contributed by atoms with Crippen LogP contribution in [0.5, 0.6) is 0 Å². The van der Waals surface area contributed by atoms with Gasteiger partial charge in [-0.1, -0.05) is 17.7 Å². The molecule has 0 heterocycles. The van der Waals surface area contributed by atoms with Gasteiger partial charge in [0.1, 0.15) is 0 Å². The van der Waals surface area contributed by atoms with Crippen molar-refractivity contribution < 1.29 is 13.2 Å². The number of nitrogens with one attached hydrogen (secondary N) is 2. The van der Waals surface area contributed by atoms with Crippen molar-refractivity contribution in [2.45, 2.75) is 11.1 Å². The van der Waals surface area contributed by atoms with E-state index in [-0.39, 0.29) is 15.8 Å². The molecule has 0 spiro atoms. The zero-order valence-corrected chi connectivity index (χ0v) is 14.3. The minimum atomic E-state index is -4.53. The molecule has 2 aromatic carbocycles. The standard InChI is InChI=1S/C15H12ClF3N2S2/c1-23-11-4-2-3-10(8-11)20-14(22)21-13-6-5-9(16)7-12(13)15(17,18)19/h2-8H,1H3,(H2,20,21,22). The van der Waals surface area contributed by atoms with Crippen LogP contribution in [0.1, 0.15) is 5.56 Å². The first-order chi connectivity index (χ1) is 10.8. The Bertz CT molecular complexity index is 720. The number of benzene rings is 2. The van der Waals surface area contributed by atoms with Crippen LogP contribution in [0, 0.1) is 0 Å². The lowest BCUT2D eigenvalue weighted by molar-refractivity contribution is -0.136. The molecule has 0 aromatic heterocycles. The number of hydrogen-bond donors (Lipinski definition) is 2. The molecule has 2 N–H and O–H groups in total. The van der Waals surface area contributed by atoms with E-state index >= 15 is 0 Å². The lowest BCUT2D eigenvalue weighted by Gasteiger charge is -2.16. The van der Waals surface area contributed by atoms with Gasteiger partial charge in [0.15, 0.2) is 5.11 Å². The molecule has 0 radical (unpaired) electrons. The largest absolute Gasteiger partial charge is 0.418 e. The molecule has 0 saturated heterocycles. The highest BCUT2D eigenvalue weighted by Crippen LogP contribution is 2.36. The van der Waals surface area contributed by atoms with Crippen LogP contribution in [0.4, 0.5) is 24.5 Å². The Morgan fingerprint density at radius 2 is 1.87 bits per heavy atom. The molecule has 0 saturated carbocycles. The van der Waals surface area contributed by atoms with E-state index in [1.165, 1.54) is 12.1 Å². The minimum absolute atomic E-state index is 0.00873. The van der Waals surface area contributed by atoms with Crippen LogP contribution < -0.4 is 10.6 Å². The molecule has 0 aliphatic carbocycles. The summed E-state index contributed by atoms with van der Waals surface area (Å²) in [7, 11) is 0. The molecule has 0 atom stereocenters. The highest BCUT2D eigenvalue weighted by atomic mass is 35.5. The van der Waals surface area contributed by atoms with Crippen LogP contribution in [-0.4, -0.2) is 11.4 Å². The van der Waals surface area contributed by atoms with Gasteiger partial charge in [-0.25, -0.2) is 0 Å². The first kappa shape index (κ1) is 17.9. The number of anilines is 2. The quantitative estimate of drug-likeness (QED) is 0.515. The Balaban J connectivity index is 2.17. The van der Waals surface area contributed by atoms with Gasteiger partial charge in [0.05, 0.1) is 11.3 Å². The summed E-state index contributed by atoms with van der Waals surface area (Å²) in [5, 5.41) is 5.50. The summed E-state index contributed by atoms with van der Waals surface area (Å²) in [6, 6.07) is 10.9. The zero-order valence-electron chi connectivity index (χ0n) is 11.9. The molecule has 0 aliphatic rings. The van der Waals surface area contributed by atoms with Gasteiger partial charge in [0, 0.05) is 15.6 Å². The van der Waals surface area contributed by atoms with E-state index in [9.17, 15) is 13.2 Å². The molecule has 23 heavy (non-hydrogen) atoms. The maximum atomic E-state index is 13.0. The summed E-state index contributed by atoms with van der Waals surface area (Å²) in [6.07, 6.45) is -2.60. The fourth-order valence-electron chi connectivity index (χ4n) is 1.85. The smallest absolute Gasteiger partial charge is 0.332 e. The van der Waals surface area contributed by atoms with E-state index in [0.29, 0.717) is 5.69 Å². The Hall–Kier alpha value is -1.44. The summed E-state index contributed by atoms with van der Waals surface area (Å²) in [5.74, 6) is 0. The second-order valence-electron chi connectivity index (χ2n) is 4.50. The van der Waals surface area contributed by atoms with Crippen LogP contribution in [-0.2, 0) is 6.18 Å². The van der Waals surface area contributed by atoms with Gasteiger partial charge in [0.25, 0.3) is 0 Å². The number of thiocarbonyl (C=S) groups is 1. The fraction of sp³-hybridized carbons (Fsp3) is 0.133. The average molecular weight is 377 g/mol. The second-order valence-corrected chi connectivity index (χ2v) is 6.22.